The molecule has 7 rings (SSSR count). The highest BCUT2D eigenvalue weighted by atomic mass is 16.6. The van der Waals surface area contributed by atoms with Gasteiger partial charge in [0.15, 0.2) is 17.5 Å². The van der Waals surface area contributed by atoms with E-state index in [1.165, 1.54) is 64.1 Å². The molecule has 12 atom stereocenters. The number of esters is 5. The van der Waals surface area contributed by atoms with Crippen LogP contribution in [0.1, 0.15) is 112 Å². The van der Waals surface area contributed by atoms with Gasteiger partial charge in [0.25, 0.3) is 5.91 Å². The van der Waals surface area contributed by atoms with Gasteiger partial charge in [-0.15, -0.1) is 0 Å². The Morgan fingerprint density at radius 3 is 1.96 bits per heavy atom. The molecule has 3 fully saturated rings. The van der Waals surface area contributed by atoms with Crippen LogP contribution in [0.5, 0.6) is 0 Å². The standard InChI is InChI=1S/C56H63N3O19/c1-29-36(75-52(71)45(76-41(65)24-16-23-40(64)58-35(50(68)69)25-39(57)63)43(32-17-10-7-11-18-32)59-49(67)33-19-12-8-13-20-33)27-56(72)48(77-51(70)34-21-14-9-15-22-34)46-54(6,37(62)26-38-55(46,28-73-38)78-31(3)61)47(66)44(74-30(2)60)42(29)53(56,4)5/h7-15,17-22,35-38,43-46,48,62,72H,16,23-28H2,1-6H3,(H2,57,63)(H,58,64)(H,59,67)(H,68,69)/t35?,36-,37-,38+,43-,44+,45+,46-,48-,54+,55-,56+/m0/s1. The Morgan fingerprint density at radius 2 is 1.41 bits per heavy atom. The molecule has 3 amide bonds. The Labute approximate surface area is 448 Å². The van der Waals surface area contributed by atoms with Crippen LogP contribution in [0.3, 0.4) is 0 Å². The molecule has 78 heavy (non-hydrogen) atoms. The summed E-state index contributed by atoms with van der Waals surface area (Å²) < 4.78 is 36.6. The number of primary amides is 1. The molecule has 0 aromatic heterocycles. The van der Waals surface area contributed by atoms with Gasteiger partial charge in [-0.1, -0.05) is 80.6 Å². The molecule has 1 unspecified atom stereocenters. The maximum absolute atomic E-state index is 15.8. The van der Waals surface area contributed by atoms with E-state index in [9.17, 15) is 53.7 Å². The molecule has 1 saturated heterocycles. The number of carbonyl (C=O) groups excluding carboxylic acids is 9. The van der Waals surface area contributed by atoms with E-state index in [0.717, 1.165) is 13.8 Å². The molecule has 0 radical (unpaired) electrons. The van der Waals surface area contributed by atoms with E-state index in [4.69, 9.17) is 34.2 Å². The number of aliphatic hydroxyl groups is 2. The number of nitrogens with two attached hydrogens (primary N) is 1. The van der Waals surface area contributed by atoms with Crippen LogP contribution >= 0.6 is 0 Å². The van der Waals surface area contributed by atoms with Crippen molar-refractivity contribution >= 4 is 59.3 Å². The van der Waals surface area contributed by atoms with Crippen molar-refractivity contribution in [3.05, 3.63) is 119 Å². The highest BCUT2D eigenvalue weighted by Gasteiger charge is 2.78. The molecule has 3 aromatic carbocycles. The fraction of sp³-hybridized carbons (Fsp3) is 0.464. The van der Waals surface area contributed by atoms with Crippen LogP contribution in [0.4, 0.5) is 0 Å². The van der Waals surface area contributed by atoms with Crippen molar-refractivity contribution in [3.63, 3.8) is 0 Å². The Kier molecular flexibility index (Phi) is 17.1. The highest BCUT2D eigenvalue weighted by Crippen LogP contribution is 2.64. The van der Waals surface area contributed by atoms with Crippen LogP contribution < -0.4 is 16.4 Å². The van der Waals surface area contributed by atoms with Crippen molar-refractivity contribution in [1.82, 2.24) is 10.6 Å². The summed E-state index contributed by atoms with van der Waals surface area (Å²) in [5, 5.41) is 40.6. The zero-order valence-corrected chi connectivity index (χ0v) is 43.8. The molecule has 416 valence electrons. The lowest BCUT2D eigenvalue weighted by molar-refractivity contribution is -0.346. The summed E-state index contributed by atoms with van der Waals surface area (Å²) in [6.45, 7) is 7.56. The third kappa shape index (κ3) is 11.3. The van der Waals surface area contributed by atoms with E-state index in [0.29, 0.717) is 0 Å². The second kappa shape index (κ2) is 23.0. The third-order valence-corrected chi connectivity index (χ3v) is 15.5. The number of aliphatic hydroxyl groups excluding tert-OH is 1. The summed E-state index contributed by atoms with van der Waals surface area (Å²) in [5.41, 5.74) is -2.94. The van der Waals surface area contributed by atoms with E-state index < -0.39 is 168 Å². The van der Waals surface area contributed by atoms with Crippen LogP contribution in [0, 0.1) is 16.7 Å². The van der Waals surface area contributed by atoms with Crippen molar-refractivity contribution in [2.75, 3.05) is 6.61 Å². The minimum Gasteiger partial charge on any atom is -0.480 e. The molecular formula is C56H63N3O19. The molecule has 1 aliphatic heterocycles. The molecule has 2 bridgehead atoms. The summed E-state index contributed by atoms with van der Waals surface area (Å²) >= 11 is 0. The van der Waals surface area contributed by atoms with Crippen LogP contribution in [-0.4, -0.2) is 135 Å². The second-order valence-electron chi connectivity index (χ2n) is 20.8. The summed E-state index contributed by atoms with van der Waals surface area (Å²) in [6, 6.07) is 20.2. The van der Waals surface area contributed by atoms with Gasteiger partial charge in [-0.3, -0.25) is 33.6 Å². The predicted octanol–water partition coefficient (Wildman–Crippen LogP) is 2.90. The zero-order valence-electron chi connectivity index (χ0n) is 43.8. The Balaban J connectivity index is 1.35. The van der Waals surface area contributed by atoms with Crippen LogP contribution in [0.25, 0.3) is 0 Å². The molecule has 3 aromatic rings. The Bertz CT molecular complexity index is 2880. The van der Waals surface area contributed by atoms with Gasteiger partial charge in [0.05, 0.1) is 36.0 Å². The number of aliphatic carboxylic acids is 1. The molecular weight excluding hydrogens is 1020 g/mol. The molecule has 4 aliphatic rings. The van der Waals surface area contributed by atoms with Gasteiger partial charge in [-0.05, 0) is 61.2 Å². The lowest BCUT2D eigenvalue weighted by atomic mass is 9.44. The molecule has 7 N–H and O–H groups in total. The van der Waals surface area contributed by atoms with E-state index in [1.807, 2.05) is 0 Å². The topological polar surface area (TPSA) is 337 Å². The quantitative estimate of drug-likeness (QED) is 0.0571. The molecule has 22 heteroatoms. The SMILES string of the molecule is CC(=O)O[C@H]1C(=O)[C@@]2(C)[C@H]([C@H](OC(=O)c3ccccc3)[C@]3(O)C[C@H](OC(=O)[C@H](OC(=O)CCCC(=O)NC(CC(N)=O)C(=O)O)[C@@H](NC(=O)c4ccccc4)c4ccccc4)C(C)=C1C3(C)C)[C@]1(OC(C)=O)CO[C@@H]1C[C@@H]2O. The van der Waals surface area contributed by atoms with E-state index in [-0.39, 0.29) is 40.7 Å². The van der Waals surface area contributed by atoms with Gasteiger partial charge in [-0.25, -0.2) is 14.4 Å². The fourth-order valence-corrected chi connectivity index (χ4v) is 11.5. The highest BCUT2D eigenvalue weighted by molar-refractivity contribution is 5.97. The summed E-state index contributed by atoms with van der Waals surface area (Å²) in [4.78, 5) is 136. The van der Waals surface area contributed by atoms with Gasteiger partial charge < -0.3 is 60.1 Å². The van der Waals surface area contributed by atoms with Gasteiger partial charge in [-0.2, -0.15) is 0 Å². The zero-order chi connectivity index (χ0) is 57.1. The first-order valence-corrected chi connectivity index (χ1v) is 25.3. The third-order valence-electron chi connectivity index (χ3n) is 15.5. The number of rotatable bonds is 19. The molecule has 0 spiro atoms. The number of hydrogen-bond acceptors (Lipinski definition) is 18. The molecule has 22 nitrogen and oxygen atoms in total. The van der Waals surface area contributed by atoms with Gasteiger partial charge in [0.2, 0.25) is 17.9 Å². The second-order valence-corrected chi connectivity index (χ2v) is 20.8. The number of ether oxygens (including phenoxy) is 6. The van der Waals surface area contributed by atoms with Gasteiger partial charge in [0, 0.05) is 50.5 Å². The lowest BCUT2D eigenvalue weighted by Gasteiger charge is -2.67. The van der Waals surface area contributed by atoms with Gasteiger partial charge >= 0.3 is 35.8 Å². The number of benzene rings is 3. The Morgan fingerprint density at radius 1 is 0.808 bits per heavy atom. The lowest BCUT2D eigenvalue weighted by Crippen LogP contribution is -2.82. The number of ketones is 1. The number of amides is 3. The van der Waals surface area contributed by atoms with E-state index in [2.05, 4.69) is 10.6 Å². The van der Waals surface area contributed by atoms with Gasteiger partial charge in [0.1, 0.15) is 36.0 Å². The van der Waals surface area contributed by atoms with Crippen molar-refractivity contribution in [2.24, 2.45) is 22.5 Å². The minimum absolute atomic E-state index is 0.000786. The van der Waals surface area contributed by atoms with E-state index >= 15 is 9.59 Å². The molecule has 2 saturated carbocycles. The monoisotopic (exact) mass is 1080 g/mol. The average Bonchev–Trinajstić information content (AvgIpc) is 3.28. The van der Waals surface area contributed by atoms with Crippen molar-refractivity contribution < 1.29 is 91.7 Å². The molecule has 3 aliphatic carbocycles. The van der Waals surface area contributed by atoms with Crippen LogP contribution in [0.2, 0.25) is 0 Å². The van der Waals surface area contributed by atoms with Crippen LogP contribution in [-0.2, 0) is 66.8 Å². The first-order chi connectivity index (χ1) is 36.8. The van der Waals surface area contributed by atoms with Crippen molar-refractivity contribution in [3.8, 4) is 0 Å². The summed E-state index contributed by atoms with van der Waals surface area (Å²) in [5.74, 6) is -12.0. The van der Waals surface area contributed by atoms with Crippen molar-refractivity contribution in [1.29, 1.82) is 0 Å². The maximum atomic E-state index is 15.8. The van der Waals surface area contributed by atoms with Crippen molar-refractivity contribution in [2.45, 2.75) is 140 Å². The first-order valence-electron chi connectivity index (χ1n) is 25.3. The van der Waals surface area contributed by atoms with E-state index in [1.54, 1.807) is 54.6 Å². The Hall–Kier alpha value is -7.82. The number of carbonyl (C=O) groups is 10. The fourth-order valence-electron chi connectivity index (χ4n) is 11.5. The number of Topliss-reactive ketones (excluding diaryl/α,β-unsaturated/α-hetero) is 1. The number of hydrogen-bond donors (Lipinski definition) is 6. The number of fused-ring (bicyclic) bond motifs is 5. The summed E-state index contributed by atoms with van der Waals surface area (Å²) in [7, 11) is 0. The number of nitrogens with one attached hydrogen (secondary N) is 2. The number of carboxylic acid groups (broad SMARTS) is 1. The minimum atomic E-state index is -2.54. The first kappa shape index (κ1) is 57.9. The maximum Gasteiger partial charge on any atom is 0.350 e. The summed E-state index contributed by atoms with van der Waals surface area (Å²) in [6.07, 6.45) is -13.4. The average molecular weight is 1080 g/mol. The predicted molar refractivity (Wildman–Crippen MR) is 269 cm³/mol. The number of carboxylic acids is 1. The van der Waals surface area contributed by atoms with Crippen LogP contribution in [0.15, 0.2) is 102 Å². The normalized spacial score (nSPS) is 27.9. The largest absolute Gasteiger partial charge is 0.480 e. The smallest absolute Gasteiger partial charge is 0.350 e. The molecule has 1 heterocycles.